The van der Waals surface area contributed by atoms with E-state index in [4.69, 9.17) is 38.4 Å². The highest BCUT2D eigenvalue weighted by Gasteiger charge is 2.29. The Morgan fingerprint density at radius 3 is 2.38 bits per heavy atom. The van der Waals surface area contributed by atoms with Gasteiger partial charge in [-0.1, -0.05) is 35.3 Å². The van der Waals surface area contributed by atoms with Crippen LogP contribution in [0.4, 0.5) is 16.2 Å². The number of hydrogen-bond acceptors (Lipinski definition) is 8. The van der Waals surface area contributed by atoms with Gasteiger partial charge < -0.3 is 25.8 Å². The zero-order valence-corrected chi connectivity index (χ0v) is 22.0. The molecule has 0 saturated carbocycles. The molecule has 2 aromatic carbocycles. The molecule has 2 amide bonds. The van der Waals surface area contributed by atoms with Crippen molar-refractivity contribution in [3.05, 3.63) is 62.1 Å². The quantitative estimate of drug-likeness (QED) is 0.120. The number of esters is 1. The van der Waals surface area contributed by atoms with Gasteiger partial charge in [-0.25, -0.2) is 9.59 Å². The minimum Gasteiger partial charge on any atom is -0.444 e. The summed E-state index contributed by atoms with van der Waals surface area (Å²) >= 11 is 12.1. The molecule has 2 rings (SSSR count). The predicted molar refractivity (Wildman–Crippen MR) is 139 cm³/mol. The summed E-state index contributed by atoms with van der Waals surface area (Å²) < 4.78 is 10.6. The second-order valence-electron chi connectivity index (χ2n) is 8.90. The minimum atomic E-state index is -1.18. The second-order valence-corrected chi connectivity index (χ2v) is 9.71. The zero-order valence-electron chi connectivity index (χ0n) is 20.5. The first-order valence-corrected chi connectivity index (χ1v) is 12.0. The van der Waals surface area contributed by atoms with Gasteiger partial charge in [-0.15, -0.1) is 0 Å². The van der Waals surface area contributed by atoms with E-state index >= 15 is 0 Å². The van der Waals surface area contributed by atoms with Crippen molar-refractivity contribution >= 4 is 52.5 Å². The number of alkyl carbamates (subject to hydrolysis) is 1. The molecule has 0 aliphatic carbocycles. The van der Waals surface area contributed by atoms with Crippen LogP contribution < -0.4 is 21.1 Å². The van der Waals surface area contributed by atoms with Gasteiger partial charge in [0.25, 0.3) is 11.6 Å². The summed E-state index contributed by atoms with van der Waals surface area (Å²) in [6, 6.07) is 7.09. The van der Waals surface area contributed by atoms with Gasteiger partial charge in [-0.3, -0.25) is 14.9 Å². The molecule has 0 saturated heterocycles. The molecule has 0 heterocycles. The van der Waals surface area contributed by atoms with Gasteiger partial charge in [0.15, 0.2) is 5.75 Å². The summed E-state index contributed by atoms with van der Waals surface area (Å²) in [7, 11) is 0. The first kappa shape index (κ1) is 29.8. The van der Waals surface area contributed by atoms with Crippen molar-refractivity contribution < 1.29 is 28.8 Å². The third-order valence-electron chi connectivity index (χ3n) is 4.75. The van der Waals surface area contributed by atoms with Crippen molar-refractivity contribution in [2.75, 3.05) is 11.9 Å². The largest absolute Gasteiger partial charge is 0.444 e. The summed E-state index contributed by atoms with van der Waals surface area (Å²) in [4.78, 5) is 49.1. The van der Waals surface area contributed by atoms with Gasteiger partial charge in [-0.05, 0) is 64.8 Å². The molecule has 2 aromatic rings. The average molecular weight is 555 g/mol. The number of nitro benzene ring substituents is 1. The third-order valence-corrected chi connectivity index (χ3v) is 5.38. The lowest BCUT2D eigenvalue weighted by molar-refractivity contribution is -0.384. The zero-order chi connectivity index (χ0) is 27.8. The molecule has 11 nitrogen and oxygen atoms in total. The number of carbonyl (C=O) groups is 3. The van der Waals surface area contributed by atoms with E-state index in [-0.39, 0.29) is 27.7 Å². The smallest absolute Gasteiger partial charge is 0.408 e. The molecule has 1 unspecified atom stereocenters. The van der Waals surface area contributed by atoms with Crippen LogP contribution in [-0.4, -0.2) is 41.1 Å². The molecule has 0 radical (unpaired) electrons. The number of anilines is 1. The summed E-state index contributed by atoms with van der Waals surface area (Å²) in [6.07, 6.45) is 0.317. The summed E-state index contributed by atoms with van der Waals surface area (Å²) in [5.74, 6) is -2.18. The molecule has 4 N–H and O–H groups in total. The van der Waals surface area contributed by atoms with E-state index in [0.29, 0.717) is 19.4 Å². The summed E-state index contributed by atoms with van der Waals surface area (Å²) in [5.41, 5.74) is 4.11. The van der Waals surface area contributed by atoms with Crippen LogP contribution in [0.15, 0.2) is 36.4 Å². The van der Waals surface area contributed by atoms with E-state index in [0.717, 1.165) is 12.1 Å². The molecule has 0 aliphatic rings. The Balaban J connectivity index is 2.39. The molecule has 0 fully saturated rings. The number of ether oxygens (including phenoxy) is 2. The Kier molecular flexibility index (Phi) is 10.7. The van der Waals surface area contributed by atoms with Crippen molar-refractivity contribution in [2.45, 2.75) is 51.7 Å². The molecule has 0 bridgehead atoms. The van der Waals surface area contributed by atoms with Gasteiger partial charge >= 0.3 is 12.1 Å². The standard InChI is InChI=1S/C24H28Cl2N4O7/c1-24(2,3)37-23(33)29-18(10-6-7-11-27)22(32)36-20-13-19(30(34)35)16(26)12-14(20)21(31)28-17-9-5-4-8-15(17)25/h4-5,8-9,12-13,18H,6-7,10-11,27H2,1-3H3,(H,28,31)(H,29,33). The Hall–Kier alpha value is -3.41. The fraction of sp³-hybridized carbons (Fsp3) is 0.375. The van der Waals surface area contributed by atoms with Gasteiger partial charge in [0.2, 0.25) is 0 Å². The predicted octanol–water partition coefficient (Wildman–Crippen LogP) is 5.08. The highest BCUT2D eigenvalue weighted by Crippen LogP contribution is 2.34. The molecular weight excluding hydrogens is 527 g/mol. The van der Waals surface area contributed by atoms with Crippen molar-refractivity contribution in [1.82, 2.24) is 5.32 Å². The molecule has 1 atom stereocenters. The maximum atomic E-state index is 13.1. The Morgan fingerprint density at radius 2 is 1.78 bits per heavy atom. The summed E-state index contributed by atoms with van der Waals surface area (Å²) in [5, 5.41) is 16.3. The fourth-order valence-electron chi connectivity index (χ4n) is 3.07. The number of nitrogens with one attached hydrogen (secondary N) is 2. The molecule has 0 aromatic heterocycles. The van der Waals surface area contributed by atoms with Crippen molar-refractivity contribution in [1.29, 1.82) is 0 Å². The summed E-state index contributed by atoms with van der Waals surface area (Å²) in [6.45, 7) is 5.34. The minimum absolute atomic E-state index is 0.145. The Bertz CT molecular complexity index is 1170. The normalized spacial score (nSPS) is 11.8. The lowest BCUT2D eigenvalue weighted by Crippen LogP contribution is -2.45. The van der Waals surface area contributed by atoms with E-state index in [2.05, 4.69) is 10.6 Å². The van der Waals surface area contributed by atoms with Crippen LogP contribution in [0.2, 0.25) is 10.0 Å². The van der Waals surface area contributed by atoms with Gasteiger partial charge in [0.1, 0.15) is 16.7 Å². The number of nitrogens with zero attached hydrogens (tertiary/aromatic N) is 1. The van der Waals surface area contributed by atoms with Gasteiger partial charge in [0, 0.05) is 0 Å². The number of amides is 2. The van der Waals surface area contributed by atoms with Crippen molar-refractivity contribution in [3.8, 4) is 5.75 Å². The maximum Gasteiger partial charge on any atom is 0.408 e. The van der Waals surface area contributed by atoms with E-state index < -0.39 is 46.0 Å². The van der Waals surface area contributed by atoms with E-state index in [1.165, 1.54) is 6.07 Å². The van der Waals surface area contributed by atoms with Crippen LogP contribution in [0.3, 0.4) is 0 Å². The molecule has 13 heteroatoms. The fourth-order valence-corrected chi connectivity index (χ4v) is 3.48. The number of hydrogen-bond donors (Lipinski definition) is 3. The number of halogens is 2. The third kappa shape index (κ3) is 9.19. The van der Waals surface area contributed by atoms with E-state index in [9.17, 15) is 24.5 Å². The van der Waals surface area contributed by atoms with Gasteiger partial charge in [-0.2, -0.15) is 0 Å². The van der Waals surface area contributed by atoms with Gasteiger partial charge in [0.05, 0.1) is 27.3 Å². The monoisotopic (exact) mass is 554 g/mol. The van der Waals surface area contributed by atoms with Crippen LogP contribution in [0.1, 0.15) is 50.4 Å². The first-order chi connectivity index (χ1) is 17.3. The molecular formula is C24H28Cl2N4O7. The topological polar surface area (TPSA) is 163 Å². The van der Waals surface area contributed by atoms with E-state index in [1.807, 2.05) is 0 Å². The number of unbranched alkanes of at least 4 members (excludes halogenated alkanes) is 1. The highest BCUT2D eigenvalue weighted by molar-refractivity contribution is 6.34. The van der Waals surface area contributed by atoms with Crippen LogP contribution in [0.5, 0.6) is 5.75 Å². The number of rotatable bonds is 10. The first-order valence-electron chi connectivity index (χ1n) is 11.3. The lowest BCUT2D eigenvalue weighted by atomic mass is 10.1. The number of benzene rings is 2. The number of nitro groups is 1. The Labute approximate surface area is 223 Å². The molecule has 0 aliphatic heterocycles. The second kappa shape index (κ2) is 13.2. The highest BCUT2D eigenvalue weighted by atomic mass is 35.5. The van der Waals surface area contributed by atoms with Crippen molar-refractivity contribution in [2.24, 2.45) is 5.73 Å². The lowest BCUT2D eigenvalue weighted by Gasteiger charge is -2.23. The number of para-hydroxylation sites is 1. The van der Waals surface area contributed by atoms with Crippen LogP contribution in [-0.2, 0) is 9.53 Å². The van der Waals surface area contributed by atoms with Crippen LogP contribution in [0.25, 0.3) is 0 Å². The molecule has 37 heavy (non-hydrogen) atoms. The number of nitrogens with two attached hydrogens (primary N) is 1. The number of carbonyl (C=O) groups excluding carboxylic acids is 3. The van der Waals surface area contributed by atoms with E-state index in [1.54, 1.807) is 39.0 Å². The Morgan fingerprint density at radius 1 is 1.11 bits per heavy atom. The SMILES string of the molecule is CC(C)(C)OC(=O)NC(CCCCN)C(=O)Oc1cc([N+](=O)[O-])c(Cl)cc1C(=O)Nc1ccccc1Cl. The van der Waals surface area contributed by atoms with Crippen LogP contribution in [0, 0.1) is 10.1 Å². The molecule has 0 spiro atoms. The van der Waals surface area contributed by atoms with Crippen LogP contribution >= 0.6 is 23.2 Å². The van der Waals surface area contributed by atoms with Crippen molar-refractivity contribution in [3.63, 3.8) is 0 Å². The average Bonchev–Trinajstić information content (AvgIpc) is 2.79. The maximum absolute atomic E-state index is 13.1. The molecule has 200 valence electrons.